The van der Waals surface area contributed by atoms with Gasteiger partial charge in [0.15, 0.2) is 10.8 Å². The normalized spacial score (nSPS) is 11.7. The summed E-state index contributed by atoms with van der Waals surface area (Å²) in [5, 5.41) is 11.9. The van der Waals surface area contributed by atoms with Gasteiger partial charge in [-0.25, -0.2) is 17.9 Å². The van der Waals surface area contributed by atoms with Gasteiger partial charge in [0.1, 0.15) is 10.4 Å². The largest absolute Gasteiger partial charge is 0.239 e. The topological polar surface area (TPSA) is 85.9 Å². The Balaban J connectivity index is 2.66. The van der Waals surface area contributed by atoms with E-state index >= 15 is 0 Å². The second kappa shape index (κ2) is 4.30. The summed E-state index contributed by atoms with van der Waals surface area (Å²) < 4.78 is 36.1. The van der Waals surface area contributed by atoms with Gasteiger partial charge in [-0.1, -0.05) is 22.9 Å². The molecule has 1 heterocycles. The fraction of sp³-hybridized carbons (Fsp3) is 0. The fourth-order valence-electron chi connectivity index (χ4n) is 1.21. The van der Waals surface area contributed by atoms with Crippen molar-refractivity contribution in [2.45, 2.75) is 4.90 Å². The first-order valence-electron chi connectivity index (χ1n) is 4.18. The first-order chi connectivity index (χ1) is 7.91. The van der Waals surface area contributed by atoms with Crippen molar-refractivity contribution in [2.24, 2.45) is 5.14 Å². The van der Waals surface area contributed by atoms with Gasteiger partial charge in [-0.2, -0.15) is 0 Å². The Kier molecular flexibility index (Phi) is 3.13. The van der Waals surface area contributed by atoms with Crippen LogP contribution in [0.1, 0.15) is 0 Å². The minimum Gasteiger partial charge on any atom is -0.225 e. The molecule has 5 nitrogen and oxygen atoms in total. The third-order valence-electron chi connectivity index (χ3n) is 1.94. The van der Waals surface area contributed by atoms with Gasteiger partial charge in [0.25, 0.3) is 0 Å². The second-order valence-corrected chi connectivity index (χ2v) is 5.77. The number of rotatable bonds is 2. The Morgan fingerprint density at radius 2 is 2.12 bits per heavy atom. The number of hydrogen-bond acceptors (Lipinski definition) is 5. The Morgan fingerprint density at radius 1 is 1.41 bits per heavy atom. The molecule has 0 saturated carbocycles. The summed E-state index contributed by atoms with van der Waals surface area (Å²) in [5.41, 5.74) is 1.51. The van der Waals surface area contributed by atoms with Crippen LogP contribution in [0.25, 0.3) is 10.6 Å². The molecule has 0 saturated heterocycles. The lowest BCUT2D eigenvalue weighted by Crippen LogP contribution is -2.13. The Morgan fingerprint density at radius 3 is 2.65 bits per heavy atom. The maximum Gasteiger partial charge on any atom is 0.239 e. The molecule has 0 amide bonds. The number of benzene rings is 1. The van der Waals surface area contributed by atoms with E-state index in [4.69, 9.17) is 16.7 Å². The molecule has 1 aromatic carbocycles. The molecule has 0 atom stereocenters. The van der Waals surface area contributed by atoms with Crippen molar-refractivity contribution in [3.63, 3.8) is 0 Å². The second-order valence-electron chi connectivity index (χ2n) is 3.03. The number of primary sulfonamides is 1. The summed E-state index contributed by atoms with van der Waals surface area (Å²) in [6.07, 6.45) is 0. The molecule has 2 N–H and O–H groups in total. The fourth-order valence-corrected chi connectivity index (χ4v) is 2.86. The van der Waals surface area contributed by atoms with Gasteiger partial charge in [-0.15, -0.1) is 10.2 Å². The molecule has 0 fully saturated rings. The third kappa shape index (κ3) is 2.29. The van der Waals surface area contributed by atoms with Crippen LogP contribution in [-0.4, -0.2) is 18.6 Å². The molecule has 0 aliphatic heterocycles. The number of nitrogens with zero attached hydrogens (tertiary/aromatic N) is 2. The number of nitrogens with two attached hydrogens (primary N) is 1. The Labute approximate surface area is 105 Å². The van der Waals surface area contributed by atoms with E-state index in [2.05, 4.69) is 10.2 Å². The van der Waals surface area contributed by atoms with Gasteiger partial charge in [0.2, 0.25) is 10.0 Å². The first kappa shape index (κ1) is 12.4. The molecular formula is C8H5ClFN3O2S2. The molecule has 0 aliphatic rings. The standard InChI is InChI=1S/C8H5ClFN3O2S2/c9-6-5(17(11,14)15)2-1-4(7(6)10)8-13-12-3-16-8/h1-3H,(H2,11,14,15). The van der Waals surface area contributed by atoms with Crippen LogP contribution in [-0.2, 0) is 10.0 Å². The minimum atomic E-state index is -4.05. The zero-order valence-corrected chi connectivity index (χ0v) is 10.5. The van der Waals surface area contributed by atoms with Crippen molar-refractivity contribution in [3.8, 4) is 10.6 Å². The number of halogens is 2. The number of aromatic nitrogens is 2. The van der Waals surface area contributed by atoms with Crippen LogP contribution in [0.2, 0.25) is 5.02 Å². The van der Waals surface area contributed by atoms with E-state index in [1.54, 1.807) is 0 Å². The highest BCUT2D eigenvalue weighted by Crippen LogP contribution is 2.32. The SMILES string of the molecule is NS(=O)(=O)c1ccc(-c2nncs2)c(F)c1Cl. The highest BCUT2D eigenvalue weighted by Gasteiger charge is 2.20. The monoisotopic (exact) mass is 293 g/mol. The van der Waals surface area contributed by atoms with Crippen molar-refractivity contribution in [2.75, 3.05) is 0 Å². The van der Waals surface area contributed by atoms with Gasteiger partial charge >= 0.3 is 0 Å². The molecule has 90 valence electrons. The van der Waals surface area contributed by atoms with Crippen molar-refractivity contribution in [3.05, 3.63) is 28.5 Å². The molecule has 0 bridgehead atoms. The lowest BCUT2D eigenvalue weighted by atomic mass is 10.2. The van der Waals surface area contributed by atoms with E-state index < -0.39 is 25.8 Å². The van der Waals surface area contributed by atoms with Crippen molar-refractivity contribution in [1.29, 1.82) is 0 Å². The summed E-state index contributed by atoms with van der Waals surface area (Å²) in [7, 11) is -4.05. The maximum atomic E-state index is 13.8. The molecule has 0 radical (unpaired) electrons. The maximum absolute atomic E-state index is 13.8. The molecule has 0 spiro atoms. The summed E-state index contributed by atoms with van der Waals surface area (Å²) in [6, 6.07) is 2.39. The van der Waals surface area contributed by atoms with E-state index in [0.29, 0.717) is 5.01 Å². The van der Waals surface area contributed by atoms with E-state index in [-0.39, 0.29) is 5.56 Å². The van der Waals surface area contributed by atoms with E-state index in [1.165, 1.54) is 11.6 Å². The van der Waals surface area contributed by atoms with Gasteiger partial charge in [0, 0.05) is 5.56 Å². The van der Waals surface area contributed by atoms with Crippen LogP contribution in [0, 0.1) is 5.82 Å². The van der Waals surface area contributed by atoms with E-state index in [0.717, 1.165) is 17.4 Å². The highest BCUT2D eigenvalue weighted by molar-refractivity contribution is 7.89. The Bertz CT molecular complexity index is 658. The van der Waals surface area contributed by atoms with Gasteiger partial charge in [-0.05, 0) is 12.1 Å². The zero-order valence-electron chi connectivity index (χ0n) is 8.09. The summed E-state index contributed by atoms with van der Waals surface area (Å²) >= 11 is 6.73. The first-order valence-corrected chi connectivity index (χ1v) is 6.99. The summed E-state index contributed by atoms with van der Waals surface area (Å²) in [5.74, 6) is -0.880. The van der Waals surface area contributed by atoms with Gasteiger partial charge in [-0.3, -0.25) is 0 Å². The smallest absolute Gasteiger partial charge is 0.225 e. The average molecular weight is 294 g/mol. The lowest BCUT2D eigenvalue weighted by molar-refractivity contribution is 0.593. The van der Waals surface area contributed by atoms with Crippen LogP contribution in [0.4, 0.5) is 4.39 Å². The summed E-state index contributed by atoms with van der Waals surface area (Å²) in [4.78, 5) is -0.454. The molecule has 9 heteroatoms. The van der Waals surface area contributed by atoms with E-state index in [9.17, 15) is 12.8 Å². The van der Waals surface area contributed by atoms with E-state index in [1.807, 2.05) is 0 Å². The third-order valence-corrected chi connectivity index (χ3v) is 4.10. The van der Waals surface area contributed by atoms with Gasteiger partial charge in [0.05, 0.1) is 5.02 Å². The molecule has 17 heavy (non-hydrogen) atoms. The quantitative estimate of drug-likeness (QED) is 0.912. The van der Waals surface area contributed by atoms with Crippen molar-refractivity contribution < 1.29 is 12.8 Å². The molecule has 0 aliphatic carbocycles. The highest BCUT2D eigenvalue weighted by atomic mass is 35.5. The van der Waals surface area contributed by atoms with Crippen LogP contribution in [0.5, 0.6) is 0 Å². The minimum absolute atomic E-state index is 0.0879. The molecule has 0 unspecified atom stereocenters. The number of sulfonamides is 1. The van der Waals surface area contributed by atoms with Crippen molar-refractivity contribution >= 4 is 33.0 Å². The lowest BCUT2D eigenvalue weighted by Gasteiger charge is -2.05. The number of hydrogen-bond donors (Lipinski definition) is 1. The predicted octanol–water partition coefficient (Wildman–Crippen LogP) is 1.65. The summed E-state index contributed by atoms with van der Waals surface area (Å²) in [6.45, 7) is 0. The Hall–Kier alpha value is -1.09. The molecule has 2 rings (SSSR count). The predicted molar refractivity (Wildman–Crippen MR) is 61.7 cm³/mol. The average Bonchev–Trinajstić information content (AvgIpc) is 2.73. The zero-order chi connectivity index (χ0) is 12.6. The molecule has 2 aromatic rings. The van der Waals surface area contributed by atoms with Crippen molar-refractivity contribution in [1.82, 2.24) is 10.2 Å². The van der Waals surface area contributed by atoms with Crippen LogP contribution >= 0.6 is 22.9 Å². The van der Waals surface area contributed by atoms with Crippen LogP contribution in [0.15, 0.2) is 22.5 Å². The molecule has 1 aromatic heterocycles. The van der Waals surface area contributed by atoms with Crippen LogP contribution in [0.3, 0.4) is 0 Å². The van der Waals surface area contributed by atoms with Gasteiger partial charge < -0.3 is 0 Å². The molecular weight excluding hydrogens is 289 g/mol. The van der Waals surface area contributed by atoms with Crippen LogP contribution < -0.4 is 5.14 Å².